The Morgan fingerprint density at radius 2 is 1.89 bits per heavy atom. The highest BCUT2D eigenvalue weighted by atomic mass is 19.1. The Bertz CT molecular complexity index is 371. The molecule has 2 nitrogen and oxygen atoms in total. The number of nitrogens with zero attached hydrogens (tertiary/aromatic N) is 1. The summed E-state index contributed by atoms with van der Waals surface area (Å²) in [6, 6.07) is 5.48. The summed E-state index contributed by atoms with van der Waals surface area (Å²) in [5.41, 5.74) is 1.95. The van der Waals surface area contributed by atoms with Crippen LogP contribution in [0.2, 0.25) is 0 Å². The van der Waals surface area contributed by atoms with Crippen molar-refractivity contribution < 1.29 is 4.39 Å². The molecule has 1 aromatic carbocycles. The third-order valence-corrected chi connectivity index (χ3v) is 3.54. The van der Waals surface area contributed by atoms with Gasteiger partial charge in [-0.3, -0.25) is 0 Å². The molecule has 3 heteroatoms. The average Bonchev–Trinajstić information content (AvgIpc) is 2.66. The lowest BCUT2D eigenvalue weighted by Gasteiger charge is -2.23. The second-order valence-electron chi connectivity index (χ2n) is 4.97. The molecule has 0 aromatic heterocycles. The van der Waals surface area contributed by atoms with Crippen LogP contribution in [-0.2, 0) is 6.54 Å². The van der Waals surface area contributed by atoms with Crippen LogP contribution in [0.1, 0.15) is 38.2 Å². The topological polar surface area (TPSA) is 15.3 Å². The monoisotopic (exact) mass is 250 g/mol. The highest BCUT2D eigenvalue weighted by Crippen LogP contribution is 2.24. The zero-order valence-electron chi connectivity index (χ0n) is 11.2. The van der Waals surface area contributed by atoms with E-state index in [1.165, 1.54) is 25.7 Å². The quantitative estimate of drug-likeness (QED) is 0.882. The Morgan fingerprint density at radius 1 is 1.17 bits per heavy atom. The fraction of sp³-hybridized carbons (Fsp3) is 0.600. The molecule has 1 aliphatic heterocycles. The molecule has 0 saturated carbocycles. The summed E-state index contributed by atoms with van der Waals surface area (Å²) in [5.74, 6) is -0.0860. The molecule has 1 N–H and O–H groups in total. The molecule has 1 saturated heterocycles. The Kier molecular flexibility index (Phi) is 5.00. The van der Waals surface area contributed by atoms with Crippen LogP contribution in [0.25, 0.3) is 0 Å². The second-order valence-corrected chi connectivity index (χ2v) is 4.97. The number of rotatable bonds is 4. The first-order valence-electron chi connectivity index (χ1n) is 7.05. The van der Waals surface area contributed by atoms with Crippen molar-refractivity contribution in [2.24, 2.45) is 0 Å². The molecule has 0 amide bonds. The maximum atomic E-state index is 13.9. The summed E-state index contributed by atoms with van der Waals surface area (Å²) in [4.78, 5) is 2.21. The summed E-state index contributed by atoms with van der Waals surface area (Å²) in [6.45, 7) is 5.82. The predicted octanol–water partition coefficient (Wildman–Crippen LogP) is 3.32. The van der Waals surface area contributed by atoms with Gasteiger partial charge in [0.1, 0.15) is 5.82 Å². The van der Waals surface area contributed by atoms with E-state index in [1.807, 2.05) is 12.1 Å². The molecule has 0 atom stereocenters. The van der Waals surface area contributed by atoms with Gasteiger partial charge in [-0.15, -0.1) is 0 Å². The van der Waals surface area contributed by atoms with Gasteiger partial charge in [-0.1, -0.05) is 25.8 Å². The lowest BCUT2D eigenvalue weighted by Crippen LogP contribution is -2.25. The van der Waals surface area contributed by atoms with Crippen LogP contribution in [-0.4, -0.2) is 19.6 Å². The van der Waals surface area contributed by atoms with Gasteiger partial charge in [0.25, 0.3) is 0 Å². The highest BCUT2D eigenvalue weighted by molar-refractivity contribution is 5.50. The molecular weight excluding hydrogens is 227 g/mol. The van der Waals surface area contributed by atoms with E-state index < -0.39 is 0 Å². The van der Waals surface area contributed by atoms with E-state index in [1.54, 1.807) is 6.07 Å². The SMILES string of the molecule is CCNCc1ccc(F)c(N2CCCCCC2)c1. The van der Waals surface area contributed by atoms with Crippen molar-refractivity contribution in [3.8, 4) is 0 Å². The molecule has 0 spiro atoms. The van der Waals surface area contributed by atoms with Crippen molar-refractivity contribution in [1.82, 2.24) is 5.32 Å². The van der Waals surface area contributed by atoms with Gasteiger partial charge in [0.15, 0.2) is 0 Å². The number of halogens is 1. The fourth-order valence-corrected chi connectivity index (χ4v) is 2.49. The molecule has 1 aromatic rings. The van der Waals surface area contributed by atoms with Crippen LogP contribution in [0.3, 0.4) is 0 Å². The minimum absolute atomic E-state index is 0.0860. The van der Waals surface area contributed by atoms with Crippen LogP contribution in [0, 0.1) is 5.82 Å². The minimum Gasteiger partial charge on any atom is -0.369 e. The van der Waals surface area contributed by atoms with Crippen LogP contribution >= 0.6 is 0 Å². The van der Waals surface area contributed by atoms with Crippen molar-refractivity contribution in [1.29, 1.82) is 0 Å². The van der Waals surface area contributed by atoms with E-state index >= 15 is 0 Å². The minimum atomic E-state index is -0.0860. The Balaban J connectivity index is 2.13. The first-order chi connectivity index (χ1) is 8.81. The fourth-order valence-electron chi connectivity index (χ4n) is 2.49. The second kappa shape index (κ2) is 6.74. The molecule has 2 rings (SSSR count). The number of hydrogen-bond donors (Lipinski definition) is 1. The summed E-state index contributed by atoms with van der Waals surface area (Å²) in [5, 5.41) is 3.29. The van der Waals surface area contributed by atoms with Crippen molar-refractivity contribution in [3.05, 3.63) is 29.6 Å². The molecule has 1 fully saturated rings. The van der Waals surface area contributed by atoms with Gasteiger partial charge in [0.05, 0.1) is 5.69 Å². The average molecular weight is 250 g/mol. The van der Waals surface area contributed by atoms with Crippen LogP contribution in [0.15, 0.2) is 18.2 Å². The zero-order valence-corrected chi connectivity index (χ0v) is 11.2. The van der Waals surface area contributed by atoms with Crippen LogP contribution in [0.5, 0.6) is 0 Å². The maximum Gasteiger partial charge on any atom is 0.146 e. The standard InChI is InChI=1S/C15H23FN2/c1-2-17-12-13-7-8-14(16)15(11-13)18-9-5-3-4-6-10-18/h7-8,11,17H,2-6,9-10,12H2,1H3. The predicted molar refractivity (Wildman–Crippen MR) is 74.5 cm³/mol. The van der Waals surface area contributed by atoms with Gasteiger partial charge < -0.3 is 10.2 Å². The van der Waals surface area contributed by atoms with Gasteiger partial charge in [0.2, 0.25) is 0 Å². The number of hydrogen-bond acceptors (Lipinski definition) is 2. The largest absolute Gasteiger partial charge is 0.369 e. The molecule has 100 valence electrons. The molecule has 0 aliphatic carbocycles. The van der Waals surface area contributed by atoms with E-state index in [0.717, 1.165) is 37.4 Å². The molecule has 0 radical (unpaired) electrons. The van der Waals surface area contributed by atoms with E-state index in [9.17, 15) is 4.39 Å². The smallest absolute Gasteiger partial charge is 0.146 e. The molecule has 18 heavy (non-hydrogen) atoms. The van der Waals surface area contributed by atoms with E-state index in [2.05, 4.69) is 17.1 Å². The number of nitrogens with one attached hydrogen (secondary N) is 1. The Morgan fingerprint density at radius 3 is 2.56 bits per heavy atom. The van der Waals surface area contributed by atoms with E-state index in [4.69, 9.17) is 0 Å². The Hall–Kier alpha value is -1.09. The number of benzene rings is 1. The van der Waals surface area contributed by atoms with Gasteiger partial charge in [-0.25, -0.2) is 4.39 Å². The van der Waals surface area contributed by atoms with Gasteiger partial charge >= 0.3 is 0 Å². The number of anilines is 1. The van der Waals surface area contributed by atoms with Crippen molar-refractivity contribution in [2.75, 3.05) is 24.5 Å². The molecular formula is C15H23FN2. The molecule has 0 unspecified atom stereocenters. The van der Waals surface area contributed by atoms with Crippen molar-refractivity contribution >= 4 is 5.69 Å². The first kappa shape index (κ1) is 13.3. The first-order valence-corrected chi connectivity index (χ1v) is 7.05. The van der Waals surface area contributed by atoms with Crippen LogP contribution < -0.4 is 10.2 Å². The van der Waals surface area contributed by atoms with Gasteiger partial charge in [-0.05, 0) is 37.1 Å². The van der Waals surface area contributed by atoms with Gasteiger partial charge in [0, 0.05) is 19.6 Å². The lowest BCUT2D eigenvalue weighted by molar-refractivity contribution is 0.614. The molecule has 1 aliphatic rings. The van der Waals surface area contributed by atoms with E-state index in [0.29, 0.717) is 0 Å². The molecule has 0 bridgehead atoms. The van der Waals surface area contributed by atoms with Gasteiger partial charge in [-0.2, -0.15) is 0 Å². The van der Waals surface area contributed by atoms with Crippen molar-refractivity contribution in [3.63, 3.8) is 0 Å². The van der Waals surface area contributed by atoms with E-state index in [-0.39, 0.29) is 5.82 Å². The third-order valence-electron chi connectivity index (χ3n) is 3.54. The lowest BCUT2D eigenvalue weighted by atomic mass is 10.1. The summed E-state index contributed by atoms with van der Waals surface area (Å²) >= 11 is 0. The Labute approximate surface area is 109 Å². The summed E-state index contributed by atoms with van der Waals surface area (Å²) < 4.78 is 13.9. The summed E-state index contributed by atoms with van der Waals surface area (Å²) in [6.07, 6.45) is 4.90. The zero-order chi connectivity index (χ0) is 12.8. The maximum absolute atomic E-state index is 13.9. The highest BCUT2D eigenvalue weighted by Gasteiger charge is 2.14. The third kappa shape index (κ3) is 3.45. The molecule has 1 heterocycles. The normalized spacial score (nSPS) is 16.7. The van der Waals surface area contributed by atoms with Crippen molar-refractivity contribution in [2.45, 2.75) is 39.2 Å². The van der Waals surface area contributed by atoms with Crippen LogP contribution in [0.4, 0.5) is 10.1 Å². The summed E-state index contributed by atoms with van der Waals surface area (Å²) in [7, 11) is 0.